The van der Waals surface area contributed by atoms with E-state index in [1.165, 1.54) is 51.8 Å². The van der Waals surface area contributed by atoms with Crippen molar-refractivity contribution in [1.82, 2.24) is 4.90 Å². The monoisotopic (exact) mass is 520 g/mol. The van der Waals surface area contributed by atoms with E-state index >= 15 is 0 Å². The minimum atomic E-state index is -2.35. The zero-order chi connectivity index (χ0) is 21.9. The molecule has 2 N–H and O–H groups in total. The maximum absolute atomic E-state index is 12.5. The van der Waals surface area contributed by atoms with Gasteiger partial charge in [-0.2, -0.15) is 0 Å². The molecule has 2 atom stereocenters. The first-order valence-electron chi connectivity index (χ1n) is 12.0. The summed E-state index contributed by atoms with van der Waals surface area (Å²) < 4.78 is 17.4. The van der Waals surface area contributed by atoms with Crippen LogP contribution in [0.3, 0.4) is 0 Å². The molecule has 0 bridgehead atoms. The topological polar surface area (TPSA) is 64.8 Å². The molecule has 1 saturated heterocycles. The number of rotatable bonds is 12. The maximum atomic E-state index is 12.5. The molecular formula is C23H48N2O3Sn. The van der Waals surface area contributed by atoms with E-state index in [-0.39, 0.29) is 18.2 Å². The molecule has 0 radical (unpaired) electrons. The number of nitrogens with two attached hydrogens (primary N) is 1. The summed E-state index contributed by atoms with van der Waals surface area (Å²) in [4.78, 5) is 14.3. The molecule has 6 heteroatoms. The van der Waals surface area contributed by atoms with Crippen molar-refractivity contribution < 1.29 is 14.3 Å². The Morgan fingerprint density at radius 3 is 2.00 bits per heavy atom. The molecule has 1 rings (SSSR count). The van der Waals surface area contributed by atoms with E-state index in [1.54, 1.807) is 4.90 Å². The van der Waals surface area contributed by atoms with Crippen molar-refractivity contribution in [2.75, 3.05) is 17.7 Å². The second-order valence-electron chi connectivity index (χ2n) is 10.0. The van der Waals surface area contributed by atoms with Crippen LogP contribution < -0.4 is 5.73 Å². The molecule has 1 amide bonds. The normalized spacial score (nSPS) is 20.7. The second kappa shape index (κ2) is 13.4. The van der Waals surface area contributed by atoms with Crippen LogP contribution in [0.2, 0.25) is 13.3 Å². The Morgan fingerprint density at radius 1 is 1.03 bits per heavy atom. The van der Waals surface area contributed by atoms with Crippen molar-refractivity contribution >= 4 is 24.5 Å². The number of ether oxygens (including phenoxy) is 2. The van der Waals surface area contributed by atoms with Crippen LogP contribution in [-0.2, 0) is 9.47 Å². The van der Waals surface area contributed by atoms with Crippen molar-refractivity contribution in [3.8, 4) is 0 Å². The third kappa shape index (κ3) is 10.2. The molecule has 0 aliphatic carbocycles. The fourth-order valence-electron chi connectivity index (χ4n) is 4.13. The summed E-state index contributed by atoms with van der Waals surface area (Å²) in [6, 6.07) is 0.0150. The first-order valence-corrected chi connectivity index (χ1v) is 20.1. The number of likely N-dealkylation sites (tertiary alicyclic amines) is 1. The van der Waals surface area contributed by atoms with E-state index in [0.717, 1.165) is 11.0 Å². The van der Waals surface area contributed by atoms with Crippen LogP contribution in [-0.4, -0.2) is 64.8 Å². The number of piperidine rings is 1. The van der Waals surface area contributed by atoms with Crippen LogP contribution in [0.1, 0.15) is 86.5 Å². The number of carbonyl (C=O) groups is 1. The van der Waals surface area contributed by atoms with Gasteiger partial charge in [0, 0.05) is 0 Å². The van der Waals surface area contributed by atoms with E-state index in [1.807, 2.05) is 20.8 Å². The standard InChI is InChI=1S/C11H21N2O3.3C4H9.Sn/c1-11(2,3)16-10(14)13-6-5-8(12)9(7-13)15-4;3*1-3-4-2;/h8-9H,4-7,12H2,1-3H3;3*1,3-4H2,2H3;/t8-,9-;;;;/m1..../s1. The summed E-state index contributed by atoms with van der Waals surface area (Å²) in [6.45, 7) is 13.8. The van der Waals surface area contributed by atoms with Crippen molar-refractivity contribution in [2.45, 2.75) is 118 Å². The van der Waals surface area contributed by atoms with Gasteiger partial charge in [0.25, 0.3) is 0 Å². The van der Waals surface area contributed by atoms with Gasteiger partial charge in [0.1, 0.15) is 0 Å². The van der Waals surface area contributed by atoms with Crippen LogP contribution in [0.5, 0.6) is 0 Å². The quantitative estimate of drug-likeness (QED) is 0.335. The summed E-state index contributed by atoms with van der Waals surface area (Å²) in [7, 11) is 0. The van der Waals surface area contributed by atoms with Crippen molar-refractivity contribution in [3.63, 3.8) is 0 Å². The van der Waals surface area contributed by atoms with E-state index in [9.17, 15) is 4.79 Å². The van der Waals surface area contributed by atoms with Gasteiger partial charge in [0.2, 0.25) is 0 Å². The van der Waals surface area contributed by atoms with Crippen molar-refractivity contribution in [1.29, 1.82) is 0 Å². The Bertz CT molecular complexity index is 446. The summed E-state index contributed by atoms with van der Waals surface area (Å²) in [6.07, 6.45) is 8.32. The van der Waals surface area contributed by atoms with Crippen LogP contribution in [0, 0.1) is 0 Å². The number of unbranched alkanes of at least 4 members (excludes halogenated alkanes) is 3. The summed E-state index contributed by atoms with van der Waals surface area (Å²) >= 11 is -2.35. The molecular weight excluding hydrogens is 471 g/mol. The van der Waals surface area contributed by atoms with E-state index in [0.29, 0.717) is 13.1 Å². The van der Waals surface area contributed by atoms with Gasteiger partial charge >= 0.3 is 185 Å². The molecule has 0 aromatic rings. The number of hydrogen-bond donors (Lipinski definition) is 1. The molecule has 1 aliphatic heterocycles. The van der Waals surface area contributed by atoms with Gasteiger partial charge in [-0.3, -0.25) is 0 Å². The van der Waals surface area contributed by atoms with Gasteiger partial charge in [-0.1, -0.05) is 0 Å². The summed E-state index contributed by atoms with van der Waals surface area (Å²) in [5, 5.41) is 0. The molecule has 172 valence electrons. The third-order valence-corrected chi connectivity index (χ3v) is 20.4. The molecule has 0 aromatic carbocycles. The summed E-state index contributed by atoms with van der Waals surface area (Å²) in [5.74, 6) is 0. The molecule has 0 spiro atoms. The first kappa shape index (κ1) is 27.0. The Hall–Kier alpha value is -0.0113. The molecule has 1 aliphatic rings. The predicted octanol–water partition coefficient (Wildman–Crippen LogP) is 5.73. The molecule has 5 nitrogen and oxygen atoms in total. The Balaban J connectivity index is 2.78. The number of hydrogen-bond acceptors (Lipinski definition) is 4. The van der Waals surface area contributed by atoms with Gasteiger partial charge in [-0.25, -0.2) is 0 Å². The van der Waals surface area contributed by atoms with Gasteiger partial charge in [-0.05, 0) is 0 Å². The average molecular weight is 519 g/mol. The molecule has 1 fully saturated rings. The average Bonchev–Trinajstić information content (AvgIpc) is 2.66. The zero-order valence-corrected chi connectivity index (χ0v) is 23.0. The number of amides is 1. The van der Waals surface area contributed by atoms with E-state index < -0.39 is 24.0 Å². The Morgan fingerprint density at radius 2 is 1.55 bits per heavy atom. The molecule has 29 heavy (non-hydrogen) atoms. The van der Waals surface area contributed by atoms with E-state index in [2.05, 4.69) is 20.8 Å². The van der Waals surface area contributed by atoms with Crippen molar-refractivity contribution in [3.05, 3.63) is 0 Å². The molecule has 0 saturated carbocycles. The van der Waals surface area contributed by atoms with Crippen LogP contribution >= 0.6 is 0 Å². The summed E-state index contributed by atoms with van der Waals surface area (Å²) in [5.41, 5.74) is 5.94. The molecule has 0 aromatic heterocycles. The first-order chi connectivity index (χ1) is 13.7. The molecule has 1 heterocycles. The Labute approximate surface area is 184 Å². The third-order valence-electron chi connectivity index (χ3n) is 6.05. The fraction of sp³-hybridized carbons (Fsp3) is 0.957. The van der Waals surface area contributed by atoms with Crippen LogP contribution in [0.4, 0.5) is 4.79 Å². The fourth-order valence-corrected chi connectivity index (χ4v) is 18.6. The predicted molar refractivity (Wildman–Crippen MR) is 125 cm³/mol. The zero-order valence-electron chi connectivity index (χ0n) is 20.1. The number of nitrogens with zero attached hydrogens (tertiary/aromatic N) is 1. The van der Waals surface area contributed by atoms with Gasteiger partial charge in [-0.15, -0.1) is 0 Å². The number of carbonyl (C=O) groups excluding carboxylic acids is 1. The van der Waals surface area contributed by atoms with Gasteiger partial charge < -0.3 is 0 Å². The minimum absolute atomic E-state index is 0.0150. The van der Waals surface area contributed by atoms with Crippen LogP contribution in [0.25, 0.3) is 0 Å². The van der Waals surface area contributed by atoms with E-state index in [4.69, 9.17) is 15.2 Å². The van der Waals surface area contributed by atoms with Gasteiger partial charge in [0.15, 0.2) is 0 Å². The molecule has 0 unspecified atom stereocenters. The van der Waals surface area contributed by atoms with Gasteiger partial charge in [0.05, 0.1) is 0 Å². The Kier molecular flexibility index (Phi) is 12.5. The SMILES string of the molecule is CCC[CH2][Sn]([CH2]CCC)([CH2]CCC)[CH2]O[C@@H]1CN(C(=O)OC(C)(C)C)CC[C@H]1N. The second-order valence-corrected chi connectivity index (χ2v) is 23.7. The van der Waals surface area contributed by atoms with Crippen molar-refractivity contribution in [2.24, 2.45) is 5.73 Å². The van der Waals surface area contributed by atoms with Crippen LogP contribution in [0.15, 0.2) is 0 Å².